The fourth-order valence-corrected chi connectivity index (χ4v) is 2.78. The van der Waals surface area contributed by atoms with Crippen molar-refractivity contribution in [2.24, 2.45) is 7.05 Å². The van der Waals surface area contributed by atoms with Crippen molar-refractivity contribution in [1.82, 2.24) is 19.9 Å². The standard InChI is InChI=1S/C16H20N6O2/c1-21-10-8-18-14(15(21)23)22-9-2-3-13(11-22)20-16(24)19-12-4-6-17-7-5-12/h4-8,10,13H,2-3,9,11H2,1H3,(H2,17,19,20,24). The van der Waals surface area contributed by atoms with Crippen molar-refractivity contribution in [3.63, 3.8) is 0 Å². The van der Waals surface area contributed by atoms with Crippen LogP contribution in [0.25, 0.3) is 0 Å². The quantitative estimate of drug-likeness (QED) is 0.876. The minimum Gasteiger partial charge on any atom is -0.350 e. The molecular formula is C16H20N6O2. The van der Waals surface area contributed by atoms with Crippen LogP contribution in [0.2, 0.25) is 0 Å². The molecule has 1 fully saturated rings. The zero-order valence-corrected chi connectivity index (χ0v) is 13.5. The number of hydrogen-bond donors (Lipinski definition) is 2. The normalized spacial score (nSPS) is 17.4. The molecule has 0 spiro atoms. The third kappa shape index (κ3) is 3.70. The van der Waals surface area contributed by atoms with Crippen molar-refractivity contribution < 1.29 is 4.79 Å². The minimum absolute atomic E-state index is 0.0349. The summed E-state index contributed by atoms with van der Waals surface area (Å²) in [6.45, 7) is 1.33. The Hall–Kier alpha value is -2.90. The summed E-state index contributed by atoms with van der Waals surface area (Å²) >= 11 is 0. The molecule has 126 valence electrons. The number of urea groups is 1. The first kappa shape index (κ1) is 16.0. The molecule has 2 aromatic heterocycles. The number of anilines is 2. The third-order valence-corrected chi connectivity index (χ3v) is 3.99. The van der Waals surface area contributed by atoms with Gasteiger partial charge in [0.2, 0.25) is 0 Å². The van der Waals surface area contributed by atoms with Crippen molar-refractivity contribution in [3.05, 3.63) is 47.3 Å². The van der Waals surface area contributed by atoms with Crippen molar-refractivity contribution in [1.29, 1.82) is 0 Å². The maximum absolute atomic E-state index is 12.2. The molecule has 8 nitrogen and oxygen atoms in total. The summed E-state index contributed by atoms with van der Waals surface area (Å²) in [7, 11) is 1.70. The van der Waals surface area contributed by atoms with Crippen molar-refractivity contribution in [3.8, 4) is 0 Å². The van der Waals surface area contributed by atoms with E-state index in [1.54, 1.807) is 44.0 Å². The number of nitrogens with zero attached hydrogens (tertiary/aromatic N) is 4. The molecule has 0 aliphatic carbocycles. The zero-order valence-electron chi connectivity index (χ0n) is 13.5. The first-order chi connectivity index (χ1) is 11.6. The van der Waals surface area contributed by atoms with E-state index in [9.17, 15) is 9.59 Å². The molecule has 1 aliphatic rings. The van der Waals surface area contributed by atoms with Gasteiger partial charge in [-0.15, -0.1) is 0 Å². The maximum atomic E-state index is 12.2. The lowest BCUT2D eigenvalue weighted by atomic mass is 10.1. The highest BCUT2D eigenvalue weighted by atomic mass is 16.2. The number of hydrogen-bond acceptors (Lipinski definition) is 5. The number of carbonyl (C=O) groups excluding carboxylic acids is 1. The average molecular weight is 328 g/mol. The van der Waals surface area contributed by atoms with Gasteiger partial charge in [-0.05, 0) is 25.0 Å². The average Bonchev–Trinajstić information content (AvgIpc) is 2.58. The molecule has 2 N–H and O–H groups in total. The van der Waals surface area contributed by atoms with E-state index in [-0.39, 0.29) is 17.6 Å². The van der Waals surface area contributed by atoms with Crippen LogP contribution < -0.4 is 21.1 Å². The molecule has 8 heteroatoms. The third-order valence-electron chi connectivity index (χ3n) is 3.99. The van der Waals surface area contributed by atoms with Crippen LogP contribution in [0.1, 0.15) is 12.8 Å². The fourth-order valence-electron chi connectivity index (χ4n) is 2.78. The summed E-state index contributed by atoms with van der Waals surface area (Å²) in [5, 5.41) is 5.73. The van der Waals surface area contributed by atoms with Crippen molar-refractivity contribution >= 4 is 17.5 Å². The van der Waals surface area contributed by atoms with Gasteiger partial charge in [-0.25, -0.2) is 9.78 Å². The molecule has 2 aromatic rings. The smallest absolute Gasteiger partial charge is 0.319 e. The molecule has 2 amide bonds. The largest absolute Gasteiger partial charge is 0.350 e. The maximum Gasteiger partial charge on any atom is 0.319 e. The monoisotopic (exact) mass is 328 g/mol. The van der Waals surface area contributed by atoms with Gasteiger partial charge in [-0.3, -0.25) is 9.78 Å². The number of rotatable bonds is 3. The number of nitrogens with one attached hydrogen (secondary N) is 2. The Bertz CT molecular complexity index is 761. The van der Waals surface area contributed by atoms with Gasteiger partial charge in [0.15, 0.2) is 5.82 Å². The highest BCUT2D eigenvalue weighted by molar-refractivity contribution is 5.89. The summed E-state index contributed by atoms with van der Waals surface area (Å²) in [4.78, 5) is 34.3. The highest BCUT2D eigenvalue weighted by Crippen LogP contribution is 2.14. The predicted molar refractivity (Wildman–Crippen MR) is 91.1 cm³/mol. The second-order valence-electron chi connectivity index (χ2n) is 5.79. The Morgan fingerprint density at radius 2 is 2.08 bits per heavy atom. The molecule has 1 unspecified atom stereocenters. The van der Waals surface area contributed by atoms with Crippen LogP contribution in [-0.2, 0) is 7.05 Å². The van der Waals surface area contributed by atoms with Crippen LogP contribution in [0.4, 0.5) is 16.3 Å². The molecule has 1 atom stereocenters. The van der Waals surface area contributed by atoms with Crippen LogP contribution in [0.5, 0.6) is 0 Å². The lowest BCUT2D eigenvalue weighted by Crippen LogP contribution is -2.50. The fraction of sp³-hybridized carbons (Fsp3) is 0.375. The Morgan fingerprint density at radius 1 is 1.29 bits per heavy atom. The first-order valence-corrected chi connectivity index (χ1v) is 7.87. The summed E-state index contributed by atoms with van der Waals surface area (Å²) in [6, 6.07) is 3.16. The molecule has 1 saturated heterocycles. The van der Waals surface area contributed by atoms with E-state index in [1.165, 1.54) is 4.57 Å². The van der Waals surface area contributed by atoms with E-state index in [4.69, 9.17) is 0 Å². The SMILES string of the molecule is Cn1ccnc(N2CCCC(NC(=O)Nc3ccncc3)C2)c1=O. The molecule has 3 rings (SSSR count). The van der Waals surface area contributed by atoms with Gasteiger partial charge in [0.25, 0.3) is 5.56 Å². The molecule has 24 heavy (non-hydrogen) atoms. The molecule has 1 aliphatic heterocycles. The second-order valence-corrected chi connectivity index (χ2v) is 5.79. The molecule has 0 radical (unpaired) electrons. The Balaban J connectivity index is 1.62. The number of piperidine rings is 1. The van der Waals surface area contributed by atoms with Crippen molar-refractivity contribution in [2.75, 3.05) is 23.3 Å². The predicted octanol–water partition coefficient (Wildman–Crippen LogP) is 0.966. The zero-order chi connectivity index (χ0) is 16.9. The summed E-state index contributed by atoms with van der Waals surface area (Å²) in [5.41, 5.74) is 0.563. The molecule has 0 aromatic carbocycles. The van der Waals surface area contributed by atoms with Gasteiger partial charge >= 0.3 is 6.03 Å². The van der Waals surface area contributed by atoms with E-state index < -0.39 is 0 Å². The van der Waals surface area contributed by atoms with Crippen molar-refractivity contribution in [2.45, 2.75) is 18.9 Å². The molecule has 0 bridgehead atoms. The number of carbonyl (C=O) groups is 1. The molecule has 0 saturated carbocycles. The number of pyridine rings is 1. The van der Waals surface area contributed by atoms with Gasteiger partial charge < -0.3 is 20.1 Å². The van der Waals surface area contributed by atoms with Crippen LogP contribution in [-0.4, -0.2) is 39.7 Å². The summed E-state index contributed by atoms with van der Waals surface area (Å²) in [5.74, 6) is 0.432. The lowest BCUT2D eigenvalue weighted by Gasteiger charge is -2.33. The summed E-state index contributed by atoms with van der Waals surface area (Å²) in [6.07, 6.45) is 8.24. The minimum atomic E-state index is -0.262. The molecular weight excluding hydrogens is 308 g/mol. The highest BCUT2D eigenvalue weighted by Gasteiger charge is 2.24. The van der Waals surface area contributed by atoms with Gasteiger partial charge in [0, 0.05) is 56.7 Å². The van der Waals surface area contributed by atoms with Gasteiger partial charge in [-0.1, -0.05) is 0 Å². The van der Waals surface area contributed by atoms with Crippen LogP contribution in [0.3, 0.4) is 0 Å². The Labute approximate surface area is 139 Å². The summed E-state index contributed by atoms with van der Waals surface area (Å²) < 4.78 is 1.51. The van der Waals surface area contributed by atoms with Gasteiger partial charge in [0.1, 0.15) is 0 Å². The van der Waals surface area contributed by atoms with Crippen LogP contribution in [0.15, 0.2) is 41.7 Å². The van der Waals surface area contributed by atoms with E-state index in [0.717, 1.165) is 19.4 Å². The second kappa shape index (κ2) is 7.12. The number of aromatic nitrogens is 3. The van der Waals surface area contributed by atoms with Gasteiger partial charge in [0.05, 0.1) is 0 Å². The van der Waals surface area contributed by atoms with E-state index in [1.807, 2.05) is 4.90 Å². The van der Waals surface area contributed by atoms with E-state index in [2.05, 4.69) is 20.6 Å². The van der Waals surface area contributed by atoms with Crippen LogP contribution >= 0.6 is 0 Å². The topological polar surface area (TPSA) is 92.2 Å². The Morgan fingerprint density at radius 3 is 2.88 bits per heavy atom. The van der Waals surface area contributed by atoms with E-state index in [0.29, 0.717) is 18.1 Å². The number of amides is 2. The lowest BCUT2D eigenvalue weighted by molar-refractivity contribution is 0.246. The number of aryl methyl sites for hydroxylation is 1. The molecule has 3 heterocycles. The van der Waals surface area contributed by atoms with Gasteiger partial charge in [-0.2, -0.15) is 0 Å². The first-order valence-electron chi connectivity index (χ1n) is 7.87. The Kier molecular flexibility index (Phi) is 4.74. The van der Waals surface area contributed by atoms with Crippen LogP contribution in [0, 0.1) is 0 Å². The van der Waals surface area contributed by atoms with E-state index >= 15 is 0 Å².